The third-order valence-corrected chi connectivity index (χ3v) is 4.94. The molecule has 0 saturated carbocycles. The maximum absolute atomic E-state index is 11.4. The van der Waals surface area contributed by atoms with E-state index in [2.05, 4.69) is 35.2 Å². The van der Waals surface area contributed by atoms with E-state index in [1.54, 1.807) is 0 Å². The second-order valence-electron chi connectivity index (χ2n) is 7.07. The maximum atomic E-state index is 11.4. The van der Waals surface area contributed by atoms with Crippen LogP contribution in [-0.4, -0.2) is 28.6 Å². The molecule has 0 spiro atoms. The minimum Gasteiger partial charge on any atom is -0.493 e. The zero-order valence-electron chi connectivity index (χ0n) is 17.3. The number of allylic oxidation sites excluding steroid dienone is 1. The van der Waals surface area contributed by atoms with Gasteiger partial charge in [-0.3, -0.25) is 4.79 Å². The van der Waals surface area contributed by atoms with Crippen LogP contribution in [0.25, 0.3) is 11.0 Å². The lowest BCUT2D eigenvalue weighted by molar-refractivity contribution is -0.116. The van der Waals surface area contributed by atoms with Crippen LogP contribution in [0.2, 0.25) is 0 Å². The van der Waals surface area contributed by atoms with Gasteiger partial charge in [0.1, 0.15) is 11.6 Å². The Morgan fingerprint density at radius 2 is 1.90 bits per heavy atom. The highest BCUT2D eigenvalue weighted by molar-refractivity contribution is 5.86. The Balaban J connectivity index is 1.57. The number of nitrogens with zero attached hydrogens (tertiary/aromatic N) is 2. The SMILES string of the molecule is C=CCc1ccccc1OCCCCn1c(CCNC(=O)C=C)nc2ccccc21. The van der Waals surface area contributed by atoms with Crippen molar-refractivity contribution < 1.29 is 9.53 Å². The molecule has 2 aromatic carbocycles. The van der Waals surface area contributed by atoms with Crippen LogP contribution in [0.1, 0.15) is 24.2 Å². The molecule has 1 heterocycles. The number of fused-ring (bicyclic) bond motifs is 1. The van der Waals surface area contributed by atoms with E-state index >= 15 is 0 Å². The van der Waals surface area contributed by atoms with E-state index in [0.29, 0.717) is 19.6 Å². The Morgan fingerprint density at radius 3 is 2.73 bits per heavy atom. The Morgan fingerprint density at radius 1 is 1.10 bits per heavy atom. The fraction of sp³-hybridized carbons (Fsp3) is 0.280. The number of amides is 1. The highest BCUT2D eigenvalue weighted by atomic mass is 16.5. The monoisotopic (exact) mass is 403 g/mol. The Hall–Kier alpha value is -3.34. The molecule has 5 nitrogen and oxygen atoms in total. The largest absolute Gasteiger partial charge is 0.493 e. The first-order chi connectivity index (χ1) is 14.7. The maximum Gasteiger partial charge on any atom is 0.243 e. The number of carbonyl (C=O) groups excluding carboxylic acids is 1. The van der Waals surface area contributed by atoms with Gasteiger partial charge in [0, 0.05) is 19.5 Å². The number of hydrogen-bond donors (Lipinski definition) is 1. The first-order valence-electron chi connectivity index (χ1n) is 10.4. The summed E-state index contributed by atoms with van der Waals surface area (Å²) in [5, 5.41) is 2.83. The molecule has 0 aliphatic rings. The van der Waals surface area contributed by atoms with Gasteiger partial charge in [0.2, 0.25) is 5.91 Å². The Labute approximate surface area is 178 Å². The van der Waals surface area contributed by atoms with Crippen LogP contribution in [0.5, 0.6) is 5.75 Å². The predicted octanol–water partition coefficient (Wildman–Crippen LogP) is 4.47. The summed E-state index contributed by atoms with van der Waals surface area (Å²) in [4.78, 5) is 16.2. The first kappa shape index (κ1) is 21.4. The number of unbranched alkanes of at least 4 members (excludes halogenated alkanes) is 1. The van der Waals surface area contributed by atoms with Gasteiger partial charge < -0.3 is 14.6 Å². The lowest BCUT2D eigenvalue weighted by Crippen LogP contribution is -2.24. The van der Waals surface area contributed by atoms with Crippen molar-refractivity contribution in [1.29, 1.82) is 0 Å². The van der Waals surface area contributed by atoms with Crippen LogP contribution in [0.4, 0.5) is 0 Å². The van der Waals surface area contributed by atoms with Gasteiger partial charge in [-0.1, -0.05) is 43.0 Å². The quantitative estimate of drug-likeness (QED) is 0.276. The number of aromatic nitrogens is 2. The van der Waals surface area contributed by atoms with Gasteiger partial charge in [-0.15, -0.1) is 6.58 Å². The summed E-state index contributed by atoms with van der Waals surface area (Å²) in [5.74, 6) is 1.76. The lowest BCUT2D eigenvalue weighted by atomic mass is 10.1. The molecular formula is C25H29N3O2. The molecule has 1 aromatic heterocycles. The summed E-state index contributed by atoms with van der Waals surface area (Å²) in [6.07, 6.45) is 6.60. The first-order valence-corrected chi connectivity index (χ1v) is 10.4. The number of hydrogen-bond acceptors (Lipinski definition) is 3. The number of ether oxygens (including phenoxy) is 1. The fourth-order valence-corrected chi connectivity index (χ4v) is 3.46. The molecule has 1 N–H and O–H groups in total. The van der Waals surface area contributed by atoms with Crippen LogP contribution in [-0.2, 0) is 24.2 Å². The summed E-state index contributed by atoms with van der Waals surface area (Å²) in [6.45, 7) is 9.37. The van der Waals surface area contributed by atoms with Gasteiger partial charge in [-0.05, 0) is 49.1 Å². The topological polar surface area (TPSA) is 56.1 Å². The molecule has 5 heteroatoms. The summed E-state index contributed by atoms with van der Waals surface area (Å²) in [7, 11) is 0. The molecule has 30 heavy (non-hydrogen) atoms. The van der Waals surface area contributed by atoms with E-state index in [4.69, 9.17) is 9.72 Å². The summed E-state index contributed by atoms with van der Waals surface area (Å²) < 4.78 is 8.25. The molecule has 156 valence electrons. The van der Waals surface area contributed by atoms with Crippen molar-refractivity contribution in [2.75, 3.05) is 13.2 Å². The molecular weight excluding hydrogens is 374 g/mol. The van der Waals surface area contributed by atoms with Crippen molar-refractivity contribution in [1.82, 2.24) is 14.9 Å². The van der Waals surface area contributed by atoms with E-state index in [9.17, 15) is 4.79 Å². The number of benzene rings is 2. The zero-order chi connectivity index (χ0) is 21.2. The average Bonchev–Trinajstić information content (AvgIpc) is 3.12. The van der Waals surface area contributed by atoms with Gasteiger partial charge in [0.15, 0.2) is 0 Å². The molecule has 1 amide bonds. The van der Waals surface area contributed by atoms with Gasteiger partial charge >= 0.3 is 0 Å². The molecule has 3 aromatic rings. The fourth-order valence-electron chi connectivity index (χ4n) is 3.46. The third kappa shape index (κ3) is 5.60. The van der Waals surface area contributed by atoms with Crippen molar-refractivity contribution >= 4 is 16.9 Å². The number of nitrogens with one attached hydrogen (secondary N) is 1. The number of aryl methyl sites for hydroxylation is 1. The lowest BCUT2D eigenvalue weighted by Gasteiger charge is -2.12. The molecule has 0 saturated heterocycles. The van der Waals surface area contributed by atoms with Crippen LogP contribution in [0.3, 0.4) is 0 Å². The molecule has 3 rings (SSSR count). The second kappa shape index (κ2) is 11.0. The van der Waals surface area contributed by atoms with Gasteiger partial charge in [-0.25, -0.2) is 4.98 Å². The van der Waals surface area contributed by atoms with Gasteiger partial charge in [-0.2, -0.15) is 0 Å². The van der Waals surface area contributed by atoms with Crippen molar-refractivity contribution in [2.24, 2.45) is 0 Å². The van der Waals surface area contributed by atoms with E-state index in [-0.39, 0.29) is 5.91 Å². The van der Waals surface area contributed by atoms with Crippen LogP contribution >= 0.6 is 0 Å². The molecule has 0 aliphatic carbocycles. The summed E-state index contributed by atoms with van der Waals surface area (Å²) in [6, 6.07) is 16.3. The van der Waals surface area contributed by atoms with Crippen molar-refractivity contribution in [3.63, 3.8) is 0 Å². The highest BCUT2D eigenvalue weighted by Crippen LogP contribution is 2.20. The van der Waals surface area contributed by atoms with E-state index in [0.717, 1.165) is 54.0 Å². The second-order valence-corrected chi connectivity index (χ2v) is 7.07. The highest BCUT2D eigenvalue weighted by Gasteiger charge is 2.10. The number of rotatable bonds is 12. The van der Waals surface area contributed by atoms with Gasteiger partial charge in [0.25, 0.3) is 0 Å². The van der Waals surface area contributed by atoms with Crippen molar-refractivity contribution in [3.8, 4) is 5.75 Å². The van der Waals surface area contributed by atoms with Crippen LogP contribution < -0.4 is 10.1 Å². The smallest absolute Gasteiger partial charge is 0.243 e. The van der Waals surface area contributed by atoms with Gasteiger partial charge in [0.05, 0.1) is 17.6 Å². The van der Waals surface area contributed by atoms with Crippen molar-refractivity contribution in [2.45, 2.75) is 32.2 Å². The van der Waals surface area contributed by atoms with E-state index < -0.39 is 0 Å². The molecule has 0 aliphatic heterocycles. The normalized spacial score (nSPS) is 10.7. The minimum atomic E-state index is -0.161. The standard InChI is InChI=1S/C25H29N3O2/c1-3-11-20-12-5-8-15-23(20)30-19-10-9-18-28-22-14-7-6-13-21(22)27-24(28)16-17-26-25(29)4-2/h3-8,12-15H,1-2,9-11,16-19H2,(H,26,29). The predicted molar refractivity (Wildman–Crippen MR) is 122 cm³/mol. The number of carbonyl (C=O) groups is 1. The number of para-hydroxylation sites is 3. The molecule has 0 unspecified atom stereocenters. The molecule has 0 radical (unpaired) electrons. The summed E-state index contributed by atoms with van der Waals surface area (Å²) in [5.41, 5.74) is 3.27. The van der Waals surface area contributed by atoms with E-state index in [1.807, 2.05) is 42.5 Å². The average molecular weight is 404 g/mol. The molecule has 0 atom stereocenters. The Kier molecular flexibility index (Phi) is 7.84. The number of imidazole rings is 1. The zero-order valence-corrected chi connectivity index (χ0v) is 17.3. The van der Waals surface area contributed by atoms with Crippen LogP contribution in [0.15, 0.2) is 73.8 Å². The molecule has 0 bridgehead atoms. The van der Waals surface area contributed by atoms with Crippen LogP contribution in [0, 0.1) is 0 Å². The van der Waals surface area contributed by atoms with E-state index in [1.165, 1.54) is 6.08 Å². The Bertz CT molecular complexity index is 1010. The van der Waals surface area contributed by atoms with Crippen molar-refractivity contribution in [3.05, 3.63) is 85.2 Å². The summed E-state index contributed by atoms with van der Waals surface area (Å²) >= 11 is 0. The molecule has 0 fully saturated rings. The third-order valence-electron chi connectivity index (χ3n) is 4.94. The minimum absolute atomic E-state index is 0.161.